The van der Waals surface area contributed by atoms with Crippen molar-refractivity contribution in [1.29, 1.82) is 0 Å². The number of rotatable bonds is 6. The molecule has 4 rings (SSSR count). The Morgan fingerprint density at radius 3 is 2.62 bits per heavy atom. The second kappa shape index (κ2) is 8.52. The van der Waals surface area contributed by atoms with Crippen LogP contribution in [0.1, 0.15) is 18.4 Å². The third-order valence-electron chi connectivity index (χ3n) is 5.31. The fraction of sp³-hybridized carbons (Fsp3) is 0.381. The Hall–Kier alpha value is -2.42. The van der Waals surface area contributed by atoms with Gasteiger partial charge in [-0.3, -0.25) is 9.69 Å². The Bertz CT molecular complexity index is 971. The number of likely N-dealkylation sites (tertiary alicyclic amines) is 1. The van der Waals surface area contributed by atoms with E-state index in [1.807, 2.05) is 30.3 Å². The van der Waals surface area contributed by atoms with Gasteiger partial charge in [0, 0.05) is 31.2 Å². The number of anilines is 1. The smallest absolute Gasteiger partial charge is 0.240 e. The van der Waals surface area contributed by atoms with E-state index in [1.54, 1.807) is 18.2 Å². The number of fused-ring (bicyclic) bond motifs is 1. The summed E-state index contributed by atoms with van der Waals surface area (Å²) in [5.74, 6) is 0.710. The fourth-order valence-electron chi connectivity index (χ4n) is 3.75. The van der Waals surface area contributed by atoms with Crippen LogP contribution in [0.3, 0.4) is 0 Å². The van der Waals surface area contributed by atoms with Crippen molar-refractivity contribution < 1.29 is 17.9 Å². The molecule has 2 aliphatic heterocycles. The normalized spacial score (nSPS) is 17.5. The van der Waals surface area contributed by atoms with Gasteiger partial charge in [0.1, 0.15) is 5.75 Å². The minimum Gasteiger partial charge on any atom is -0.493 e. The van der Waals surface area contributed by atoms with Gasteiger partial charge < -0.3 is 10.1 Å². The number of nitrogens with zero attached hydrogens (tertiary/aromatic N) is 1. The molecular weight excluding hydrogens is 390 g/mol. The highest BCUT2D eigenvalue weighted by Gasteiger charge is 2.26. The Morgan fingerprint density at radius 2 is 1.86 bits per heavy atom. The van der Waals surface area contributed by atoms with E-state index in [0.29, 0.717) is 39.1 Å². The molecule has 2 aliphatic rings. The monoisotopic (exact) mass is 415 g/mol. The zero-order chi connectivity index (χ0) is 20.3. The summed E-state index contributed by atoms with van der Waals surface area (Å²) in [6, 6.07) is 14.3. The van der Waals surface area contributed by atoms with Crippen molar-refractivity contribution in [1.82, 2.24) is 9.62 Å². The van der Waals surface area contributed by atoms with Gasteiger partial charge in [0.05, 0.1) is 18.0 Å². The summed E-state index contributed by atoms with van der Waals surface area (Å²) in [5.41, 5.74) is 1.71. The molecule has 0 unspecified atom stereocenters. The molecule has 1 amide bonds. The predicted molar refractivity (Wildman–Crippen MR) is 110 cm³/mol. The third kappa shape index (κ3) is 4.95. The van der Waals surface area contributed by atoms with Gasteiger partial charge in [-0.05, 0) is 48.7 Å². The van der Waals surface area contributed by atoms with Crippen LogP contribution in [0.2, 0.25) is 0 Å². The van der Waals surface area contributed by atoms with Crippen molar-refractivity contribution in [3.8, 4) is 5.75 Å². The number of sulfonamides is 1. The van der Waals surface area contributed by atoms with Gasteiger partial charge in [-0.2, -0.15) is 0 Å². The summed E-state index contributed by atoms with van der Waals surface area (Å²) in [7, 11) is -3.57. The molecule has 0 aliphatic carbocycles. The van der Waals surface area contributed by atoms with Crippen LogP contribution < -0.4 is 14.8 Å². The standard InChI is InChI=1S/C21H25N3O4S/c25-21(22-17-4-2-1-3-5-17)15-24-11-8-18(9-12-24)23-29(26,27)19-6-7-20-16(14-19)10-13-28-20/h1-7,14,18,23H,8-13,15H2,(H,22,25). The number of carbonyl (C=O) groups excluding carboxylic acids is 1. The Labute approximate surface area is 171 Å². The molecule has 0 saturated carbocycles. The zero-order valence-electron chi connectivity index (χ0n) is 16.1. The molecule has 154 valence electrons. The Balaban J connectivity index is 1.28. The first kappa shape index (κ1) is 19.9. The lowest BCUT2D eigenvalue weighted by Crippen LogP contribution is -2.46. The Morgan fingerprint density at radius 1 is 1.10 bits per heavy atom. The van der Waals surface area contributed by atoms with Gasteiger partial charge in [0.15, 0.2) is 0 Å². The van der Waals surface area contributed by atoms with E-state index in [4.69, 9.17) is 4.74 Å². The van der Waals surface area contributed by atoms with Crippen LogP contribution >= 0.6 is 0 Å². The summed E-state index contributed by atoms with van der Waals surface area (Å²) in [4.78, 5) is 14.5. The number of piperidine rings is 1. The molecular formula is C21H25N3O4S. The molecule has 0 radical (unpaired) electrons. The van der Waals surface area contributed by atoms with Crippen molar-refractivity contribution in [2.24, 2.45) is 0 Å². The minimum atomic E-state index is -3.57. The lowest BCUT2D eigenvalue weighted by molar-refractivity contribution is -0.117. The maximum Gasteiger partial charge on any atom is 0.240 e. The average Bonchev–Trinajstić information content (AvgIpc) is 3.18. The summed E-state index contributed by atoms with van der Waals surface area (Å²) in [6.45, 7) is 2.25. The van der Waals surface area contributed by atoms with Crippen LogP contribution in [0.5, 0.6) is 5.75 Å². The maximum absolute atomic E-state index is 12.7. The average molecular weight is 416 g/mol. The molecule has 1 saturated heterocycles. The van der Waals surface area contributed by atoms with E-state index in [9.17, 15) is 13.2 Å². The van der Waals surface area contributed by atoms with Gasteiger partial charge in [-0.25, -0.2) is 13.1 Å². The molecule has 29 heavy (non-hydrogen) atoms. The fourth-order valence-corrected chi connectivity index (χ4v) is 5.11. The van der Waals surface area contributed by atoms with Gasteiger partial charge in [-0.1, -0.05) is 18.2 Å². The van der Waals surface area contributed by atoms with Crippen molar-refractivity contribution >= 4 is 21.6 Å². The van der Waals surface area contributed by atoms with Crippen molar-refractivity contribution in [3.05, 3.63) is 54.1 Å². The van der Waals surface area contributed by atoms with Crippen molar-refractivity contribution in [3.63, 3.8) is 0 Å². The van der Waals surface area contributed by atoms with Crippen molar-refractivity contribution in [2.75, 3.05) is 31.6 Å². The lowest BCUT2D eigenvalue weighted by atomic mass is 10.1. The summed E-state index contributed by atoms with van der Waals surface area (Å²) in [6.07, 6.45) is 2.08. The number of carbonyl (C=O) groups is 1. The molecule has 7 nitrogen and oxygen atoms in total. The molecule has 0 bridgehead atoms. The number of para-hydroxylation sites is 1. The SMILES string of the molecule is O=C(CN1CCC(NS(=O)(=O)c2ccc3c(c2)CCO3)CC1)Nc1ccccc1. The first-order chi connectivity index (χ1) is 14.0. The molecule has 8 heteroatoms. The van der Waals surface area contributed by atoms with Gasteiger partial charge in [-0.15, -0.1) is 0 Å². The number of benzene rings is 2. The van der Waals surface area contributed by atoms with Gasteiger partial charge >= 0.3 is 0 Å². The number of nitrogens with one attached hydrogen (secondary N) is 2. The van der Waals surface area contributed by atoms with E-state index in [1.165, 1.54) is 0 Å². The lowest BCUT2D eigenvalue weighted by Gasteiger charge is -2.31. The Kier molecular flexibility index (Phi) is 5.84. The third-order valence-corrected chi connectivity index (χ3v) is 6.82. The number of ether oxygens (including phenoxy) is 1. The number of hydrogen-bond acceptors (Lipinski definition) is 5. The quantitative estimate of drug-likeness (QED) is 0.754. The molecule has 2 aromatic rings. The summed E-state index contributed by atoms with van der Waals surface area (Å²) < 4.78 is 33.7. The van der Waals surface area contributed by atoms with E-state index in [0.717, 1.165) is 23.4 Å². The molecule has 0 aromatic heterocycles. The van der Waals surface area contributed by atoms with E-state index in [2.05, 4.69) is 14.9 Å². The number of hydrogen-bond donors (Lipinski definition) is 2. The van der Waals surface area contributed by atoms with Crippen LogP contribution in [0.4, 0.5) is 5.69 Å². The second-order valence-electron chi connectivity index (χ2n) is 7.45. The van der Waals surface area contributed by atoms with Crippen LogP contribution in [-0.2, 0) is 21.2 Å². The molecule has 2 N–H and O–H groups in total. The molecule has 0 spiro atoms. The molecule has 2 aromatic carbocycles. The van der Waals surface area contributed by atoms with Crippen molar-refractivity contribution in [2.45, 2.75) is 30.2 Å². The van der Waals surface area contributed by atoms with E-state index < -0.39 is 10.0 Å². The predicted octanol–water partition coefficient (Wildman–Crippen LogP) is 2.00. The molecule has 0 atom stereocenters. The maximum atomic E-state index is 12.7. The van der Waals surface area contributed by atoms with Crippen LogP contribution in [-0.4, -0.2) is 51.5 Å². The zero-order valence-corrected chi connectivity index (χ0v) is 17.0. The van der Waals surface area contributed by atoms with E-state index >= 15 is 0 Å². The number of amides is 1. The molecule has 1 fully saturated rings. The topological polar surface area (TPSA) is 87.7 Å². The van der Waals surface area contributed by atoms with Gasteiger partial charge in [0.25, 0.3) is 0 Å². The van der Waals surface area contributed by atoms with E-state index in [-0.39, 0.29) is 16.8 Å². The van der Waals surface area contributed by atoms with Crippen LogP contribution in [0, 0.1) is 0 Å². The summed E-state index contributed by atoms with van der Waals surface area (Å²) in [5, 5.41) is 2.88. The first-order valence-corrected chi connectivity index (χ1v) is 11.3. The largest absolute Gasteiger partial charge is 0.493 e. The summed E-state index contributed by atoms with van der Waals surface area (Å²) >= 11 is 0. The second-order valence-corrected chi connectivity index (χ2v) is 9.17. The minimum absolute atomic E-state index is 0.0596. The van der Waals surface area contributed by atoms with Crippen LogP contribution in [0.25, 0.3) is 0 Å². The highest BCUT2D eigenvalue weighted by molar-refractivity contribution is 7.89. The highest BCUT2D eigenvalue weighted by atomic mass is 32.2. The molecule has 2 heterocycles. The highest BCUT2D eigenvalue weighted by Crippen LogP contribution is 2.28. The van der Waals surface area contributed by atoms with Crippen LogP contribution in [0.15, 0.2) is 53.4 Å². The first-order valence-electron chi connectivity index (χ1n) is 9.85. The van der Waals surface area contributed by atoms with Gasteiger partial charge in [0.2, 0.25) is 15.9 Å².